The number of rotatable bonds is 20. The van der Waals surface area contributed by atoms with Crippen LogP contribution in [0.2, 0.25) is 0 Å². The molecule has 0 aliphatic heterocycles. The summed E-state index contributed by atoms with van der Waals surface area (Å²) in [4.78, 5) is 3.30. The monoisotopic (exact) mass is 487 g/mol. The van der Waals surface area contributed by atoms with Crippen molar-refractivity contribution in [2.45, 2.75) is 116 Å². The van der Waals surface area contributed by atoms with E-state index in [4.69, 9.17) is 0 Å². The molecule has 1 unspecified atom stereocenters. The maximum atomic E-state index is 3.30. The topological polar surface area (TPSA) is 19.7 Å². The number of benzene rings is 2. The Balaban J connectivity index is 1.45. The fourth-order valence-corrected chi connectivity index (χ4v) is 5.68. The normalized spacial score (nSPS) is 12.3. The molecule has 1 aromatic heterocycles. The van der Waals surface area contributed by atoms with Crippen LogP contribution in [0.25, 0.3) is 0 Å². The Labute approximate surface area is 221 Å². The lowest BCUT2D eigenvalue weighted by Gasteiger charge is -2.25. The molecule has 0 saturated carbocycles. The van der Waals surface area contributed by atoms with E-state index in [1.165, 1.54) is 101 Å². The molecule has 0 bridgehead atoms. The fraction of sp³-hybridized carbons (Fsp3) is 0.559. The third kappa shape index (κ3) is 11.1. The van der Waals surface area contributed by atoms with E-state index in [1.807, 2.05) is 0 Å². The number of nitrogens with zero attached hydrogens (tertiary/aromatic N) is 1. The lowest BCUT2D eigenvalue weighted by Crippen LogP contribution is -2.43. The van der Waals surface area contributed by atoms with Gasteiger partial charge in [0.25, 0.3) is 0 Å². The average molecular weight is 488 g/mol. The van der Waals surface area contributed by atoms with E-state index < -0.39 is 0 Å². The van der Waals surface area contributed by atoms with Gasteiger partial charge in [0, 0.05) is 5.92 Å². The molecule has 2 heteroatoms. The summed E-state index contributed by atoms with van der Waals surface area (Å²) >= 11 is 0. The van der Waals surface area contributed by atoms with Gasteiger partial charge in [-0.05, 0) is 36.8 Å². The molecule has 2 aromatic carbocycles. The zero-order valence-electron chi connectivity index (χ0n) is 22.9. The van der Waals surface area contributed by atoms with Gasteiger partial charge in [0.2, 0.25) is 6.33 Å². The highest BCUT2D eigenvalue weighted by molar-refractivity contribution is 5.19. The van der Waals surface area contributed by atoms with Crippen LogP contribution in [-0.4, -0.2) is 4.98 Å². The van der Waals surface area contributed by atoms with Gasteiger partial charge in [-0.3, -0.25) is 4.98 Å². The molecule has 0 amide bonds. The van der Waals surface area contributed by atoms with Crippen LogP contribution in [0.1, 0.15) is 114 Å². The van der Waals surface area contributed by atoms with Crippen molar-refractivity contribution in [1.29, 1.82) is 0 Å². The highest BCUT2D eigenvalue weighted by atomic mass is 15.1. The van der Waals surface area contributed by atoms with E-state index in [9.17, 15) is 0 Å². The van der Waals surface area contributed by atoms with Gasteiger partial charge in [-0.1, -0.05) is 145 Å². The van der Waals surface area contributed by atoms with E-state index >= 15 is 0 Å². The van der Waals surface area contributed by atoms with Crippen molar-refractivity contribution in [1.82, 2.24) is 4.98 Å². The molecular weight excluding hydrogens is 436 g/mol. The second-order valence-electron chi connectivity index (χ2n) is 10.8. The summed E-state index contributed by atoms with van der Waals surface area (Å²) in [5, 5.41) is 0. The molecule has 196 valence electrons. The van der Waals surface area contributed by atoms with E-state index in [2.05, 4.69) is 95.9 Å². The lowest BCUT2D eigenvalue weighted by atomic mass is 9.84. The van der Waals surface area contributed by atoms with Gasteiger partial charge in [0.05, 0.1) is 0 Å². The summed E-state index contributed by atoms with van der Waals surface area (Å²) in [7, 11) is 0. The highest BCUT2D eigenvalue weighted by Crippen LogP contribution is 2.27. The zero-order valence-corrected chi connectivity index (χ0v) is 22.9. The first-order valence-electron chi connectivity index (χ1n) is 15.0. The van der Waals surface area contributed by atoms with E-state index in [0.29, 0.717) is 12.0 Å². The molecule has 36 heavy (non-hydrogen) atoms. The number of nitrogens with one attached hydrogen (secondary N) is 1. The van der Waals surface area contributed by atoms with Gasteiger partial charge in [-0.25, -0.2) is 4.57 Å². The molecular formula is C34H51N2+. The Bertz CT molecular complexity index is 831. The van der Waals surface area contributed by atoms with Gasteiger partial charge in [0.1, 0.15) is 18.4 Å². The van der Waals surface area contributed by atoms with Gasteiger partial charge in [0.15, 0.2) is 0 Å². The summed E-state index contributed by atoms with van der Waals surface area (Å²) in [6.45, 7) is 2.30. The predicted molar refractivity (Wildman–Crippen MR) is 154 cm³/mol. The SMILES string of the molecule is CCCCCCCCCCCCCCCC(C(Cc1ccccc1)Cc1ccccc1)[n+]1cc[nH]c1. The standard InChI is InChI=1S/C34H50N2/c1-2-3-4-5-6-7-8-9-10-11-12-13-20-25-34(36-27-26-35-30-36)33(28-31-21-16-14-17-22-31)29-32-23-18-15-19-24-32/h14-19,21-24,26-27,30,33-34H,2-13,20,25,28-29H2,1H3/p+1. The quantitative estimate of drug-likeness (QED) is 0.121. The lowest BCUT2D eigenvalue weighted by molar-refractivity contribution is -0.729. The van der Waals surface area contributed by atoms with Crippen LogP contribution in [-0.2, 0) is 12.8 Å². The van der Waals surface area contributed by atoms with Crippen LogP contribution < -0.4 is 4.57 Å². The number of aromatic amines is 1. The third-order valence-corrected chi connectivity index (χ3v) is 7.78. The van der Waals surface area contributed by atoms with Crippen LogP contribution in [0.15, 0.2) is 79.4 Å². The van der Waals surface area contributed by atoms with Crippen LogP contribution in [0.5, 0.6) is 0 Å². The summed E-state index contributed by atoms with van der Waals surface area (Å²) < 4.78 is 2.44. The van der Waals surface area contributed by atoms with Gasteiger partial charge in [-0.2, -0.15) is 0 Å². The predicted octanol–water partition coefficient (Wildman–Crippen LogP) is 9.43. The molecule has 0 spiro atoms. The van der Waals surface area contributed by atoms with Crippen LogP contribution in [0, 0.1) is 5.92 Å². The minimum atomic E-state index is 0.518. The number of imidazole rings is 1. The van der Waals surface area contributed by atoms with Crippen LogP contribution in [0.3, 0.4) is 0 Å². The number of hydrogen-bond acceptors (Lipinski definition) is 0. The largest absolute Gasteiger partial charge is 0.250 e. The van der Waals surface area contributed by atoms with Gasteiger partial charge >= 0.3 is 0 Å². The Morgan fingerprint density at radius 2 is 1.08 bits per heavy atom. The molecule has 0 aliphatic carbocycles. The maximum absolute atomic E-state index is 3.30. The molecule has 0 aliphatic rings. The second kappa shape index (κ2) is 18.0. The number of H-pyrrole nitrogens is 1. The zero-order chi connectivity index (χ0) is 25.1. The van der Waals surface area contributed by atoms with Crippen molar-refractivity contribution in [2.75, 3.05) is 0 Å². The van der Waals surface area contributed by atoms with Crippen molar-refractivity contribution >= 4 is 0 Å². The van der Waals surface area contributed by atoms with Crippen LogP contribution in [0.4, 0.5) is 0 Å². The molecule has 0 saturated heterocycles. The minimum absolute atomic E-state index is 0.518. The highest BCUT2D eigenvalue weighted by Gasteiger charge is 2.27. The van der Waals surface area contributed by atoms with Crippen molar-refractivity contribution in [3.8, 4) is 0 Å². The summed E-state index contributed by atoms with van der Waals surface area (Å²) in [5.74, 6) is 0.577. The van der Waals surface area contributed by atoms with Crippen molar-refractivity contribution in [3.05, 3.63) is 90.5 Å². The van der Waals surface area contributed by atoms with E-state index in [1.54, 1.807) is 0 Å². The Morgan fingerprint density at radius 1 is 0.611 bits per heavy atom. The maximum Gasteiger partial charge on any atom is 0.241 e. The van der Waals surface area contributed by atoms with Gasteiger partial charge < -0.3 is 0 Å². The average Bonchev–Trinajstić information content (AvgIpc) is 3.45. The number of unbranched alkanes of at least 4 members (excludes halogenated alkanes) is 12. The first-order valence-corrected chi connectivity index (χ1v) is 15.0. The van der Waals surface area contributed by atoms with Crippen molar-refractivity contribution in [3.63, 3.8) is 0 Å². The summed E-state index contributed by atoms with van der Waals surface area (Å²) in [6, 6.07) is 22.7. The Kier molecular flexibility index (Phi) is 14.1. The Morgan fingerprint density at radius 3 is 1.53 bits per heavy atom. The van der Waals surface area contributed by atoms with Crippen molar-refractivity contribution < 1.29 is 4.57 Å². The minimum Gasteiger partial charge on any atom is -0.250 e. The van der Waals surface area contributed by atoms with Crippen molar-refractivity contribution in [2.24, 2.45) is 5.92 Å². The second-order valence-corrected chi connectivity index (χ2v) is 10.8. The number of aromatic nitrogens is 2. The molecule has 1 N–H and O–H groups in total. The molecule has 0 radical (unpaired) electrons. The van der Waals surface area contributed by atoms with Crippen LogP contribution >= 0.6 is 0 Å². The molecule has 3 aromatic rings. The number of hydrogen-bond donors (Lipinski definition) is 1. The summed E-state index contributed by atoms with van der Waals surface area (Å²) in [6.07, 6.45) is 28.3. The van der Waals surface area contributed by atoms with E-state index in [0.717, 1.165) is 12.8 Å². The third-order valence-electron chi connectivity index (χ3n) is 7.78. The molecule has 0 fully saturated rings. The van der Waals surface area contributed by atoms with E-state index in [-0.39, 0.29) is 0 Å². The molecule has 2 nitrogen and oxygen atoms in total. The summed E-state index contributed by atoms with van der Waals surface area (Å²) in [5.41, 5.74) is 2.90. The smallest absolute Gasteiger partial charge is 0.241 e. The first kappa shape index (κ1) is 28.2. The molecule has 3 rings (SSSR count). The Hall–Kier alpha value is -2.35. The first-order chi connectivity index (χ1) is 17.9. The molecule has 1 heterocycles. The molecule has 1 atom stereocenters. The fourth-order valence-electron chi connectivity index (χ4n) is 5.68. The van der Waals surface area contributed by atoms with Gasteiger partial charge in [-0.15, -0.1) is 0 Å².